The van der Waals surface area contributed by atoms with Gasteiger partial charge in [0.2, 0.25) is 0 Å². The Kier molecular flexibility index (Phi) is 5.52. The van der Waals surface area contributed by atoms with Gasteiger partial charge in [0.1, 0.15) is 0 Å². The first-order chi connectivity index (χ1) is 5.83. The summed E-state index contributed by atoms with van der Waals surface area (Å²) in [7, 11) is 0. The van der Waals surface area contributed by atoms with E-state index in [2.05, 4.69) is 6.92 Å². The van der Waals surface area contributed by atoms with E-state index in [9.17, 15) is 5.11 Å². The molecule has 1 N–H and O–H groups in total. The largest absolute Gasteiger partial charge is 0.393 e. The lowest BCUT2D eigenvalue weighted by atomic mass is 10.2. The third-order valence-corrected chi connectivity index (χ3v) is 4.98. The fourth-order valence-corrected chi connectivity index (χ4v) is 4.36. The van der Waals surface area contributed by atoms with Gasteiger partial charge in [0.25, 0.3) is 0 Å². The van der Waals surface area contributed by atoms with Crippen LogP contribution in [0.25, 0.3) is 0 Å². The minimum absolute atomic E-state index is 0.0573. The van der Waals surface area contributed by atoms with Crippen molar-refractivity contribution in [3.05, 3.63) is 0 Å². The van der Waals surface area contributed by atoms with Crippen LogP contribution in [0.4, 0.5) is 0 Å². The summed E-state index contributed by atoms with van der Waals surface area (Å²) in [4.78, 5) is 0. The maximum absolute atomic E-state index is 9.57. The lowest BCUT2D eigenvalue weighted by Gasteiger charge is -2.22. The Hall–Kier alpha value is 0.660. The van der Waals surface area contributed by atoms with Crippen molar-refractivity contribution < 1.29 is 5.11 Å². The Labute approximate surface area is 83.7 Å². The van der Waals surface area contributed by atoms with Crippen LogP contribution in [0.5, 0.6) is 0 Å². The highest BCUT2D eigenvalue weighted by atomic mass is 32.2. The second-order valence-corrected chi connectivity index (χ2v) is 6.12. The zero-order valence-electron chi connectivity index (χ0n) is 7.66. The fraction of sp³-hybridized carbons (Fsp3) is 1.00. The number of hydrogen-bond donors (Lipinski definition) is 1. The summed E-state index contributed by atoms with van der Waals surface area (Å²) in [6.45, 7) is 2.13. The van der Waals surface area contributed by atoms with E-state index in [1.807, 2.05) is 23.5 Å². The molecule has 1 atom stereocenters. The van der Waals surface area contributed by atoms with Gasteiger partial charge in [-0.15, -0.1) is 23.5 Å². The number of hydrogen-bond acceptors (Lipinski definition) is 3. The fourth-order valence-electron chi connectivity index (χ4n) is 1.35. The normalized spacial score (nSPS) is 22.5. The van der Waals surface area contributed by atoms with E-state index in [4.69, 9.17) is 0 Å². The highest BCUT2D eigenvalue weighted by Gasteiger charge is 2.17. The van der Waals surface area contributed by atoms with E-state index < -0.39 is 0 Å². The molecule has 0 radical (unpaired) electrons. The van der Waals surface area contributed by atoms with E-state index in [-0.39, 0.29) is 6.10 Å². The molecule has 72 valence electrons. The maximum Gasteiger partial charge on any atom is 0.0558 e. The van der Waals surface area contributed by atoms with E-state index >= 15 is 0 Å². The lowest BCUT2D eigenvalue weighted by Crippen LogP contribution is -2.16. The molecule has 1 nitrogen and oxygen atoms in total. The molecule has 12 heavy (non-hydrogen) atoms. The Morgan fingerprint density at radius 3 is 2.67 bits per heavy atom. The van der Waals surface area contributed by atoms with Crippen molar-refractivity contribution in [3.63, 3.8) is 0 Å². The summed E-state index contributed by atoms with van der Waals surface area (Å²) < 4.78 is 0.667. The Morgan fingerprint density at radius 1 is 1.42 bits per heavy atom. The molecule has 0 aromatic carbocycles. The molecule has 0 unspecified atom stereocenters. The molecule has 0 aromatic rings. The van der Waals surface area contributed by atoms with Gasteiger partial charge >= 0.3 is 0 Å². The third kappa shape index (κ3) is 4.06. The Bertz CT molecular complexity index is 113. The predicted molar refractivity (Wildman–Crippen MR) is 58.9 cm³/mol. The lowest BCUT2D eigenvalue weighted by molar-refractivity contribution is 0.158. The van der Waals surface area contributed by atoms with Gasteiger partial charge in [-0.25, -0.2) is 0 Å². The van der Waals surface area contributed by atoms with Crippen LogP contribution >= 0.6 is 23.5 Å². The minimum Gasteiger partial charge on any atom is -0.393 e. The predicted octanol–water partition coefficient (Wildman–Crippen LogP) is 2.73. The maximum atomic E-state index is 9.57. The molecule has 1 fully saturated rings. The molecule has 0 saturated carbocycles. The molecule has 1 saturated heterocycles. The van der Waals surface area contributed by atoms with Crippen molar-refractivity contribution in [1.82, 2.24) is 0 Å². The number of thioether (sulfide) groups is 2. The van der Waals surface area contributed by atoms with Gasteiger partial charge in [0.05, 0.1) is 10.7 Å². The highest BCUT2D eigenvalue weighted by molar-refractivity contribution is 8.17. The first kappa shape index (κ1) is 10.7. The van der Waals surface area contributed by atoms with Crippen LogP contribution in [-0.2, 0) is 0 Å². The summed E-state index contributed by atoms with van der Waals surface area (Å²) in [6, 6.07) is 0. The second-order valence-electron chi connectivity index (χ2n) is 3.20. The van der Waals surface area contributed by atoms with Crippen LogP contribution in [0.2, 0.25) is 0 Å². The van der Waals surface area contributed by atoms with E-state index in [0.717, 1.165) is 19.3 Å². The number of aliphatic hydroxyl groups excluding tert-OH is 1. The molecule has 1 aliphatic heterocycles. The summed E-state index contributed by atoms with van der Waals surface area (Å²) in [6.07, 6.45) is 4.35. The monoisotopic (exact) mass is 206 g/mol. The first-order valence-electron chi connectivity index (χ1n) is 4.74. The van der Waals surface area contributed by atoms with Crippen molar-refractivity contribution >= 4 is 23.5 Å². The molecule has 1 rings (SSSR count). The highest BCUT2D eigenvalue weighted by Crippen LogP contribution is 2.34. The molecular weight excluding hydrogens is 188 g/mol. The zero-order chi connectivity index (χ0) is 8.81. The van der Waals surface area contributed by atoms with Gasteiger partial charge in [-0.05, 0) is 30.8 Å². The topological polar surface area (TPSA) is 20.2 Å². The van der Waals surface area contributed by atoms with Crippen LogP contribution in [0.3, 0.4) is 0 Å². The Balaban J connectivity index is 2.11. The van der Waals surface area contributed by atoms with E-state index in [1.165, 1.54) is 17.9 Å². The smallest absolute Gasteiger partial charge is 0.0558 e. The summed E-state index contributed by atoms with van der Waals surface area (Å²) in [5.41, 5.74) is 0. The Morgan fingerprint density at radius 2 is 2.08 bits per heavy atom. The first-order valence-corrected chi connectivity index (χ1v) is 6.84. The minimum atomic E-state index is -0.0573. The van der Waals surface area contributed by atoms with Gasteiger partial charge in [-0.1, -0.05) is 13.3 Å². The van der Waals surface area contributed by atoms with Gasteiger partial charge in [0.15, 0.2) is 0 Å². The van der Waals surface area contributed by atoms with Crippen molar-refractivity contribution in [2.45, 2.75) is 43.3 Å². The van der Waals surface area contributed by atoms with Crippen LogP contribution in [0.15, 0.2) is 0 Å². The average molecular weight is 206 g/mol. The molecule has 0 bridgehead atoms. The van der Waals surface area contributed by atoms with Gasteiger partial charge in [0, 0.05) is 0 Å². The molecule has 0 aliphatic carbocycles. The average Bonchev–Trinajstić information content (AvgIpc) is 2.06. The molecule has 1 heterocycles. The SMILES string of the molecule is CCC[C@@H](O)CC1SCCCS1. The molecule has 0 spiro atoms. The van der Waals surface area contributed by atoms with Crippen LogP contribution in [-0.4, -0.2) is 27.3 Å². The van der Waals surface area contributed by atoms with Gasteiger partial charge < -0.3 is 5.11 Å². The van der Waals surface area contributed by atoms with Gasteiger partial charge in [-0.2, -0.15) is 0 Å². The standard InChI is InChI=1S/C9H18OS2/c1-2-4-8(10)7-9-11-5-3-6-12-9/h8-10H,2-7H2,1H3/t8-/m1/s1. The summed E-state index contributed by atoms with van der Waals surface area (Å²) in [5, 5.41) is 9.57. The third-order valence-electron chi connectivity index (χ3n) is 1.98. The van der Waals surface area contributed by atoms with Crippen molar-refractivity contribution in [2.75, 3.05) is 11.5 Å². The molecule has 0 amide bonds. The molecule has 1 aliphatic rings. The zero-order valence-corrected chi connectivity index (χ0v) is 9.29. The quantitative estimate of drug-likeness (QED) is 0.764. The van der Waals surface area contributed by atoms with Crippen LogP contribution < -0.4 is 0 Å². The second kappa shape index (κ2) is 6.17. The van der Waals surface area contributed by atoms with Crippen LogP contribution in [0.1, 0.15) is 32.6 Å². The summed E-state index contributed by atoms with van der Waals surface area (Å²) >= 11 is 4.04. The summed E-state index contributed by atoms with van der Waals surface area (Å²) in [5.74, 6) is 2.58. The molecule has 3 heteroatoms. The van der Waals surface area contributed by atoms with Crippen LogP contribution in [0, 0.1) is 0 Å². The molecule has 0 aromatic heterocycles. The van der Waals surface area contributed by atoms with E-state index in [1.54, 1.807) is 0 Å². The number of rotatable bonds is 4. The van der Waals surface area contributed by atoms with Gasteiger partial charge in [-0.3, -0.25) is 0 Å². The van der Waals surface area contributed by atoms with Crippen molar-refractivity contribution in [1.29, 1.82) is 0 Å². The van der Waals surface area contributed by atoms with Crippen molar-refractivity contribution in [3.8, 4) is 0 Å². The number of aliphatic hydroxyl groups is 1. The van der Waals surface area contributed by atoms with Crippen molar-refractivity contribution in [2.24, 2.45) is 0 Å². The van der Waals surface area contributed by atoms with E-state index in [0.29, 0.717) is 4.58 Å². The molecular formula is C9H18OS2.